The van der Waals surface area contributed by atoms with Crippen LogP contribution in [0.2, 0.25) is 0 Å². The monoisotopic (exact) mass is 694 g/mol. The molecule has 2 unspecified atom stereocenters. The number of hydrogen-bond acceptors (Lipinski definition) is 16. The number of nitrogens with zero attached hydrogens (tertiary/aromatic N) is 16. The quantitative estimate of drug-likeness (QED) is 0.245. The Morgan fingerprint density at radius 2 is 1.06 bits per heavy atom. The molecule has 0 amide bonds. The van der Waals surface area contributed by atoms with E-state index in [1.54, 1.807) is 12.1 Å². The summed E-state index contributed by atoms with van der Waals surface area (Å²) in [6.07, 6.45) is 0. The summed E-state index contributed by atoms with van der Waals surface area (Å²) in [5, 5.41) is 88.3. The Kier molecular flexibility index (Phi) is 7.92. The number of H-pyrrole nitrogens is 2. The number of hydrogen-bond donors (Lipinski definition) is 2. The summed E-state index contributed by atoms with van der Waals surface area (Å²) < 4.78 is 0. The van der Waals surface area contributed by atoms with Crippen molar-refractivity contribution in [3.05, 3.63) is 110 Å². The van der Waals surface area contributed by atoms with E-state index in [9.17, 15) is 47.4 Å². The zero-order chi connectivity index (χ0) is 38.1. The molecule has 2 atom stereocenters. The molecular formula is C36H10N18. The summed E-state index contributed by atoms with van der Waals surface area (Å²) in [7, 11) is 0. The van der Waals surface area contributed by atoms with Gasteiger partial charge in [-0.3, -0.25) is 0 Å². The first-order valence-electron chi connectivity index (χ1n) is 15.1. The van der Waals surface area contributed by atoms with Crippen LogP contribution < -0.4 is 10.7 Å². The van der Waals surface area contributed by atoms with Crippen LogP contribution in [0.25, 0.3) is 33.5 Å². The van der Waals surface area contributed by atoms with Crippen LogP contribution in [0.15, 0.2) is 57.8 Å². The van der Waals surface area contributed by atoms with Gasteiger partial charge in [-0.15, -0.1) is 0 Å². The number of aromatic nitrogens is 7. The zero-order valence-corrected chi connectivity index (χ0v) is 26.8. The standard InChI is InChI=1S/C36H10N18/c37-7-16-3-26-27(4-17(16)8-38)48-33(47-26)23(14-44)35-52-32(21-1-2-25-30(22(21)13-43)51-31(46-25)20(11-41)12-42)53-36(54-35)24(15-45)34-49-28-5-18(9-39)19(10-40)6-29(28)50-34/h1-6,23-24H,(H,47,48)(H,49,50). The molecule has 0 saturated carbocycles. The van der Waals surface area contributed by atoms with E-state index in [1.165, 1.54) is 36.4 Å². The molecule has 0 saturated heterocycles. The Labute approximate surface area is 301 Å². The average Bonchev–Trinajstić information content (AvgIpc) is 3.93. The van der Waals surface area contributed by atoms with Crippen molar-refractivity contribution in [2.24, 2.45) is 9.98 Å². The van der Waals surface area contributed by atoms with E-state index in [4.69, 9.17) is 0 Å². The Morgan fingerprint density at radius 1 is 0.556 bits per heavy atom. The molecule has 244 valence electrons. The molecule has 54 heavy (non-hydrogen) atoms. The Morgan fingerprint density at radius 3 is 1.50 bits per heavy atom. The molecule has 0 radical (unpaired) electrons. The molecule has 3 aromatic carbocycles. The second kappa shape index (κ2) is 13.0. The summed E-state index contributed by atoms with van der Waals surface area (Å²) in [5.74, 6) is -3.45. The van der Waals surface area contributed by atoms with Crippen LogP contribution in [0.4, 0.5) is 0 Å². The third-order valence-corrected chi connectivity index (χ3v) is 8.15. The highest BCUT2D eigenvalue weighted by Crippen LogP contribution is 2.30. The fourth-order valence-electron chi connectivity index (χ4n) is 5.63. The first kappa shape index (κ1) is 32.9. The van der Waals surface area contributed by atoms with Crippen molar-refractivity contribution in [3.8, 4) is 66.0 Å². The van der Waals surface area contributed by atoms with Crippen molar-refractivity contribution in [2.45, 2.75) is 11.8 Å². The number of nitriles is 9. The van der Waals surface area contributed by atoms with Crippen molar-refractivity contribution in [3.63, 3.8) is 0 Å². The molecule has 4 heterocycles. The van der Waals surface area contributed by atoms with Crippen LogP contribution in [0.5, 0.6) is 0 Å². The molecule has 6 aromatic rings. The fraction of sp³-hybridized carbons (Fsp3) is 0.0556. The SMILES string of the molecule is N#CC(C#N)=C1N=c2ccc(-c3nc(C(C#N)c4nc5cc(C#N)c(C#N)cc5[nH]4)nc(C(C#N)c4nc5cc(C#N)c(C#N)cc5[nH]4)n3)c(C#N)c2=N1. The predicted molar refractivity (Wildman–Crippen MR) is 177 cm³/mol. The van der Waals surface area contributed by atoms with Gasteiger partial charge < -0.3 is 9.97 Å². The molecule has 1 aliphatic heterocycles. The van der Waals surface area contributed by atoms with Crippen molar-refractivity contribution in [1.29, 1.82) is 47.4 Å². The minimum atomic E-state index is -1.36. The van der Waals surface area contributed by atoms with Gasteiger partial charge in [0, 0.05) is 5.56 Å². The highest BCUT2D eigenvalue weighted by molar-refractivity contribution is 5.81. The fourth-order valence-corrected chi connectivity index (χ4v) is 5.63. The third kappa shape index (κ3) is 5.26. The first-order chi connectivity index (χ1) is 26.3. The maximum absolute atomic E-state index is 10.5. The summed E-state index contributed by atoms with van der Waals surface area (Å²) >= 11 is 0. The van der Waals surface area contributed by atoms with E-state index in [1.807, 2.05) is 30.3 Å². The Hall–Kier alpha value is -9.64. The number of allylic oxidation sites excluding steroid dienone is 1. The number of benzene rings is 3. The van der Waals surface area contributed by atoms with Gasteiger partial charge in [0.25, 0.3) is 0 Å². The van der Waals surface area contributed by atoms with Gasteiger partial charge in [-0.25, -0.2) is 34.9 Å². The Balaban J connectivity index is 1.47. The zero-order valence-electron chi connectivity index (χ0n) is 26.8. The predicted octanol–water partition coefficient (Wildman–Crippen LogP) is 2.47. The van der Waals surface area contributed by atoms with E-state index in [-0.39, 0.29) is 95.6 Å². The van der Waals surface area contributed by atoms with E-state index in [2.05, 4.69) is 57.0 Å². The second-order valence-electron chi connectivity index (χ2n) is 11.1. The van der Waals surface area contributed by atoms with Gasteiger partial charge in [-0.2, -0.15) is 47.4 Å². The summed E-state index contributed by atoms with van der Waals surface area (Å²) in [6, 6.07) is 25.9. The largest absolute Gasteiger partial charge is 0.340 e. The molecule has 18 nitrogen and oxygen atoms in total. The van der Waals surface area contributed by atoms with Gasteiger partial charge in [0.15, 0.2) is 40.7 Å². The number of aromatic amines is 2. The molecule has 0 fully saturated rings. The van der Waals surface area contributed by atoms with Crippen molar-refractivity contribution >= 4 is 22.1 Å². The molecule has 7 rings (SSSR count). The van der Waals surface area contributed by atoms with Crippen molar-refractivity contribution in [1.82, 2.24) is 34.9 Å². The van der Waals surface area contributed by atoms with Crippen LogP contribution in [0, 0.1) is 102 Å². The number of nitrogens with one attached hydrogen (secondary N) is 2. The van der Waals surface area contributed by atoms with Crippen LogP contribution in [0.1, 0.15) is 63.0 Å². The lowest BCUT2D eigenvalue weighted by Gasteiger charge is -2.12. The van der Waals surface area contributed by atoms with Gasteiger partial charge in [0.05, 0.1) is 67.4 Å². The summed E-state index contributed by atoms with van der Waals surface area (Å²) in [5.41, 5.74) is 1.14. The molecule has 0 bridgehead atoms. The average molecular weight is 695 g/mol. The van der Waals surface area contributed by atoms with E-state index < -0.39 is 11.8 Å². The van der Waals surface area contributed by atoms with Gasteiger partial charge >= 0.3 is 0 Å². The highest BCUT2D eigenvalue weighted by Gasteiger charge is 2.29. The Bertz CT molecular complexity index is 2980. The molecule has 2 N–H and O–H groups in total. The normalized spacial score (nSPS) is 12.0. The summed E-state index contributed by atoms with van der Waals surface area (Å²) in [4.78, 5) is 36.9. The molecule has 0 spiro atoms. The molecule has 18 heteroatoms. The maximum atomic E-state index is 10.5. The minimum Gasteiger partial charge on any atom is -0.340 e. The van der Waals surface area contributed by atoms with Gasteiger partial charge in [-0.05, 0) is 36.4 Å². The number of rotatable bonds is 5. The molecular weight excluding hydrogens is 685 g/mol. The van der Waals surface area contributed by atoms with Crippen LogP contribution in [-0.4, -0.2) is 34.9 Å². The summed E-state index contributed by atoms with van der Waals surface area (Å²) in [6.45, 7) is 0. The first-order valence-corrected chi connectivity index (χ1v) is 15.1. The maximum Gasteiger partial charge on any atom is 0.182 e. The minimum absolute atomic E-state index is 0.0264. The van der Waals surface area contributed by atoms with Crippen molar-refractivity contribution < 1.29 is 0 Å². The van der Waals surface area contributed by atoms with Gasteiger partial charge in [0.2, 0.25) is 0 Å². The van der Waals surface area contributed by atoms with Crippen LogP contribution in [-0.2, 0) is 0 Å². The topological polar surface area (TPSA) is 335 Å². The number of imidazole rings is 2. The van der Waals surface area contributed by atoms with E-state index >= 15 is 0 Å². The third-order valence-electron chi connectivity index (χ3n) is 8.15. The molecule has 3 aromatic heterocycles. The number of fused-ring (bicyclic) bond motifs is 3. The van der Waals surface area contributed by atoms with Gasteiger partial charge in [-0.1, -0.05) is 0 Å². The lowest BCUT2D eigenvalue weighted by molar-refractivity contribution is 0.759. The van der Waals surface area contributed by atoms with Crippen LogP contribution >= 0.6 is 0 Å². The second-order valence-corrected chi connectivity index (χ2v) is 11.1. The highest BCUT2D eigenvalue weighted by atomic mass is 15.1. The smallest absolute Gasteiger partial charge is 0.182 e. The van der Waals surface area contributed by atoms with Gasteiger partial charge in [0.1, 0.15) is 59.5 Å². The van der Waals surface area contributed by atoms with E-state index in [0.717, 1.165) is 0 Å². The van der Waals surface area contributed by atoms with Crippen LogP contribution in [0.3, 0.4) is 0 Å². The van der Waals surface area contributed by atoms with E-state index in [0.29, 0.717) is 11.0 Å². The lowest BCUT2D eigenvalue weighted by Crippen LogP contribution is -2.26. The molecule has 1 aliphatic rings. The van der Waals surface area contributed by atoms with Crippen molar-refractivity contribution in [2.75, 3.05) is 0 Å². The lowest BCUT2D eigenvalue weighted by atomic mass is 10.0. The molecule has 0 aliphatic carbocycles.